The molecular formula is C13H15F3N2O. The number of hydrogen-bond donors (Lipinski definition) is 1. The molecule has 0 bridgehead atoms. The predicted molar refractivity (Wildman–Crippen MR) is 63.6 cm³/mol. The molecule has 1 saturated carbocycles. The zero-order valence-corrected chi connectivity index (χ0v) is 10.3. The molecule has 6 heteroatoms. The van der Waals surface area contributed by atoms with Gasteiger partial charge >= 0.3 is 6.18 Å². The maximum Gasteiger partial charge on any atom is 0.417 e. The van der Waals surface area contributed by atoms with Crippen LogP contribution < -0.4 is 5.73 Å². The molecule has 1 aromatic heterocycles. The highest BCUT2D eigenvalue weighted by Gasteiger charge is 2.33. The smallest absolute Gasteiger partial charge is 0.366 e. The number of halogens is 3. The SMILES string of the molecule is NC(=O)c1cc(C(F)(F)F)cnc1C1CCCCC1. The van der Waals surface area contributed by atoms with Gasteiger partial charge in [0.05, 0.1) is 16.8 Å². The summed E-state index contributed by atoms with van der Waals surface area (Å²) in [6.45, 7) is 0. The number of nitrogens with two attached hydrogens (primary N) is 1. The lowest BCUT2D eigenvalue weighted by Crippen LogP contribution is -2.20. The first-order chi connectivity index (χ1) is 8.89. The lowest BCUT2D eigenvalue weighted by Gasteiger charge is -2.23. The van der Waals surface area contributed by atoms with E-state index in [4.69, 9.17) is 5.73 Å². The van der Waals surface area contributed by atoms with Crippen LogP contribution in [-0.2, 0) is 6.18 Å². The third-order valence-corrected chi connectivity index (χ3v) is 3.50. The minimum atomic E-state index is -4.51. The van der Waals surface area contributed by atoms with Gasteiger partial charge in [-0.15, -0.1) is 0 Å². The second-order valence-corrected chi connectivity index (χ2v) is 4.85. The largest absolute Gasteiger partial charge is 0.417 e. The second kappa shape index (κ2) is 5.19. The van der Waals surface area contributed by atoms with E-state index in [1.54, 1.807) is 0 Å². The van der Waals surface area contributed by atoms with Crippen molar-refractivity contribution in [2.45, 2.75) is 44.2 Å². The van der Waals surface area contributed by atoms with Crippen LogP contribution in [0.4, 0.5) is 13.2 Å². The van der Waals surface area contributed by atoms with E-state index in [0.29, 0.717) is 5.69 Å². The van der Waals surface area contributed by atoms with Crippen LogP contribution >= 0.6 is 0 Å². The van der Waals surface area contributed by atoms with Crippen LogP contribution in [0.5, 0.6) is 0 Å². The molecule has 1 aliphatic rings. The first kappa shape index (κ1) is 13.8. The van der Waals surface area contributed by atoms with E-state index in [1.165, 1.54) is 0 Å². The normalized spacial score (nSPS) is 17.4. The molecule has 0 saturated heterocycles. The predicted octanol–water partition coefficient (Wildman–Crippen LogP) is 3.25. The van der Waals surface area contributed by atoms with Crippen molar-refractivity contribution in [1.82, 2.24) is 4.98 Å². The minimum Gasteiger partial charge on any atom is -0.366 e. The van der Waals surface area contributed by atoms with Crippen molar-refractivity contribution in [2.24, 2.45) is 5.73 Å². The van der Waals surface area contributed by atoms with Crippen molar-refractivity contribution in [3.63, 3.8) is 0 Å². The molecule has 3 nitrogen and oxygen atoms in total. The molecule has 1 amide bonds. The van der Waals surface area contributed by atoms with Gasteiger partial charge in [-0.1, -0.05) is 19.3 Å². The zero-order chi connectivity index (χ0) is 14.0. The van der Waals surface area contributed by atoms with Crippen molar-refractivity contribution in [2.75, 3.05) is 0 Å². The Kier molecular flexibility index (Phi) is 3.78. The highest BCUT2D eigenvalue weighted by atomic mass is 19.4. The number of pyridine rings is 1. The van der Waals surface area contributed by atoms with Gasteiger partial charge in [-0.05, 0) is 18.9 Å². The first-order valence-electron chi connectivity index (χ1n) is 6.26. The molecule has 1 heterocycles. The van der Waals surface area contributed by atoms with Crippen LogP contribution in [0.15, 0.2) is 12.3 Å². The average molecular weight is 272 g/mol. The number of aromatic nitrogens is 1. The molecule has 1 aliphatic carbocycles. The summed E-state index contributed by atoms with van der Waals surface area (Å²) in [5.41, 5.74) is 4.58. The van der Waals surface area contributed by atoms with Crippen LogP contribution in [0.2, 0.25) is 0 Å². The van der Waals surface area contributed by atoms with Crippen LogP contribution in [0.1, 0.15) is 59.6 Å². The monoisotopic (exact) mass is 272 g/mol. The standard InChI is InChI=1S/C13H15F3N2O/c14-13(15,16)9-6-10(12(17)19)11(18-7-9)8-4-2-1-3-5-8/h6-8H,1-5H2,(H2,17,19). The Morgan fingerprint density at radius 3 is 2.42 bits per heavy atom. The third-order valence-electron chi connectivity index (χ3n) is 3.50. The molecule has 19 heavy (non-hydrogen) atoms. The molecule has 0 aromatic carbocycles. The third kappa shape index (κ3) is 3.05. The van der Waals surface area contributed by atoms with Gasteiger partial charge in [0.1, 0.15) is 0 Å². The van der Waals surface area contributed by atoms with Gasteiger partial charge in [-0.3, -0.25) is 9.78 Å². The van der Waals surface area contributed by atoms with E-state index in [2.05, 4.69) is 4.98 Å². The Labute approximate surface area is 109 Å². The molecule has 0 radical (unpaired) electrons. The quantitative estimate of drug-likeness (QED) is 0.898. The van der Waals surface area contributed by atoms with Crippen LogP contribution in [0.25, 0.3) is 0 Å². The Morgan fingerprint density at radius 2 is 1.89 bits per heavy atom. The molecule has 0 atom stereocenters. The van der Waals surface area contributed by atoms with E-state index < -0.39 is 17.6 Å². The average Bonchev–Trinajstić information content (AvgIpc) is 2.38. The Hall–Kier alpha value is -1.59. The number of carbonyl (C=O) groups is 1. The van der Waals surface area contributed by atoms with E-state index in [-0.39, 0.29) is 11.5 Å². The summed E-state index contributed by atoms with van der Waals surface area (Å²) in [6, 6.07) is 0.819. The van der Waals surface area contributed by atoms with E-state index in [0.717, 1.165) is 44.4 Å². The van der Waals surface area contributed by atoms with Gasteiger partial charge < -0.3 is 5.73 Å². The molecule has 0 aliphatic heterocycles. The number of alkyl halides is 3. The van der Waals surface area contributed by atoms with Crippen LogP contribution in [0, 0.1) is 0 Å². The number of hydrogen-bond acceptors (Lipinski definition) is 2. The molecular weight excluding hydrogens is 257 g/mol. The molecule has 2 rings (SSSR count). The Balaban J connectivity index is 2.40. The molecule has 1 fully saturated rings. The first-order valence-corrected chi connectivity index (χ1v) is 6.26. The number of primary amides is 1. The van der Waals surface area contributed by atoms with Gasteiger partial charge in [0.2, 0.25) is 0 Å². The van der Waals surface area contributed by atoms with E-state index in [1.807, 2.05) is 0 Å². The van der Waals surface area contributed by atoms with Gasteiger partial charge in [-0.25, -0.2) is 0 Å². The summed E-state index contributed by atoms with van der Waals surface area (Å²) < 4.78 is 37.8. The Bertz CT molecular complexity index is 479. The van der Waals surface area contributed by atoms with Crippen LogP contribution in [-0.4, -0.2) is 10.9 Å². The molecule has 0 spiro atoms. The van der Waals surface area contributed by atoms with Crippen molar-refractivity contribution < 1.29 is 18.0 Å². The number of nitrogens with zero attached hydrogens (tertiary/aromatic N) is 1. The highest BCUT2D eigenvalue weighted by molar-refractivity contribution is 5.94. The van der Waals surface area contributed by atoms with Crippen molar-refractivity contribution in [3.05, 3.63) is 29.1 Å². The fraction of sp³-hybridized carbons (Fsp3) is 0.538. The van der Waals surface area contributed by atoms with Gasteiger partial charge in [0.25, 0.3) is 5.91 Å². The van der Waals surface area contributed by atoms with Crippen molar-refractivity contribution in [1.29, 1.82) is 0 Å². The topological polar surface area (TPSA) is 56.0 Å². The number of carbonyl (C=O) groups excluding carboxylic acids is 1. The van der Waals surface area contributed by atoms with Gasteiger partial charge in [-0.2, -0.15) is 13.2 Å². The second-order valence-electron chi connectivity index (χ2n) is 4.85. The molecule has 1 aromatic rings. The maximum atomic E-state index is 12.6. The lowest BCUT2D eigenvalue weighted by atomic mass is 9.84. The summed E-state index contributed by atoms with van der Waals surface area (Å²) in [6.07, 6.45) is 1.09. The minimum absolute atomic E-state index is 0.0403. The van der Waals surface area contributed by atoms with Crippen molar-refractivity contribution >= 4 is 5.91 Å². The highest BCUT2D eigenvalue weighted by Crippen LogP contribution is 2.35. The summed E-state index contributed by atoms with van der Waals surface area (Å²) in [4.78, 5) is 15.2. The lowest BCUT2D eigenvalue weighted by molar-refractivity contribution is -0.137. The molecule has 0 unspecified atom stereocenters. The van der Waals surface area contributed by atoms with E-state index >= 15 is 0 Å². The summed E-state index contributed by atoms with van der Waals surface area (Å²) in [7, 11) is 0. The van der Waals surface area contributed by atoms with Gasteiger partial charge in [0, 0.05) is 12.1 Å². The fourth-order valence-corrected chi connectivity index (χ4v) is 2.53. The summed E-state index contributed by atoms with van der Waals surface area (Å²) >= 11 is 0. The summed E-state index contributed by atoms with van der Waals surface area (Å²) in [5, 5.41) is 0. The number of rotatable bonds is 2. The van der Waals surface area contributed by atoms with E-state index in [9.17, 15) is 18.0 Å². The maximum absolute atomic E-state index is 12.6. The molecule has 104 valence electrons. The van der Waals surface area contributed by atoms with Crippen LogP contribution in [0.3, 0.4) is 0 Å². The summed E-state index contributed by atoms with van der Waals surface area (Å²) in [5.74, 6) is -0.808. The zero-order valence-electron chi connectivity index (χ0n) is 10.3. The van der Waals surface area contributed by atoms with Crippen molar-refractivity contribution in [3.8, 4) is 0 Å². The van der Waals surface area contributed by atoms with Gasteiger partial charge in [0.15, 0.2) is 0 Å². The molecule has 2 N–H and O–H groups in total. The fourth-order valence-electron chi connectivity index (χ4n) is 2.53. The number of amides is 1. The Morgan fingerprint density at radius 1 is 1.26 bits per heavy atom.